The highest BCUT2D eigenvalue weighted by molar-refractivity contribution is 6.07. The molecule has 5 heteroatoms. The number of morpholine rings is 1. The number of likely N-dealkylation sites (N-methyl/N-ethyl adjacent to an activating group) is 1. The molecule has 16 heavy (non-hydrogen) atoms. The van der Waals surface area contributed by atoms with Gasteiger partial charge in [-0.2, -0.15) is 0 Å². The van der Waals surface area contributed by atoms with Crippen LogP contribution in [0.3, 0.4) is 0 Å². The van der Waals surface area contributed by atoms with E-state index in [2.05, 4.69) is 29.2 Å². The Labute approximate surface area is 95.9 Å². The lowest BCUT2D eigenvalue weighted by molar-refractivity contribution is -0.120. The Morgan fingerprint density at radius 1 is 1.62 bits per heavy atom. The number of amides is 1. The van der Waals surface area contributed by atoms with Gasteiger partial charge in [0.2, 0.25) is 5.91 Å². The number of hydrogen-bond donors (Lipinski definition) is 1. The van der Waals surface area contributed by atoms with Gasteiger partial charge in [-0.1, -0.05) is 13.3 Å². The van der Waals surface area contributed by atoms with Gasteiger partial charge in [0.15, 0.2) is 0 Å². The summed E-state index contributed by atoms with van der Waals surface area (Å²) in [6, 6.07) is -0.198. The molecule has 0 aromatic rings. The van der Waals surface area contributed by atoms with Crippen molar-refractivity contribution in [1.82, 2.24) is 10.2 Å². The molecule has 5 nitrogen and oxygen atoms in total. The molecule has 0 radical (unpaired) electrons. The van der Waals surface area contributed by atoms with Crippen LogP contribution in [0.2, 0.25) is 0 Å². The van der Waals surface area contributed by atoms with Crippen molar-refractivity contribution in [1.29, 1.82) is 0 Å². The van der Waals surface area contributed by atoms with E-state index in [4.69, 9.17) is 4.74 Å². The first-order valence-corrected chi connectivity index (χ1v) is 5.89. The van der Waals surface area contributed by atoms with E-state index in [1.54, 1.807) is 0 Å². The molecule has 1 fully saturated rings. The number of carbonyl (C=O) groups excluding carboxylic acids is 1. The van der Waals surface area contributed by atoms with Crippen molar-refractivity contribution in [3.63, 3.8) is 0 Å². The van der Waals surface area contributed by atoms with Crippen LogP contribution in [0.4, 0.5) is 0 Å². The molecule has 2 aliphatic rings. The van der Waals surface area contributed by atoms with Crippen molar-refractivity contribution in [3.8, 4) is 0 Å². The Morgan fingerprint density at radius 3 is 3.12 bits per heavy atom. The van der Waals surface area contributed by atoms with Gasteiger partial charge in [-0.25, -0.2) is 0 Å². The molecule has 0 saturated carbocycles. The van der Waals surface area contributed by atoms with Crippen LogP contribution in [0.5, 0.6) is 0 Å². The molecule has 2 atom stereocenters. The molecule has 90 valence electrons. The van der Waals surface area contributed by atoms with E-state index in [0.717, 1.165) is 31.8 Å². The predicted octanol–water partition coefficient (Wildman–Crippen LogP) is 0.0140. The quantitative estimate of drug-likeness (QED) is 0.736. The van der Waals surface area contributed by atoms with E-state index >= 15 is 0 Å². The lowest BCUT2D eigenvalue weighted by atomic mass is 10.2. The minimum absolute atomic E-state index is 0.0219. The molecule has 1 N–H and O–H groups in total. The van der Waals surface area contributed by atoms with Crippen molar-refractivity contribution < 1.29 is 9.53 Å². The fourth-order valence-electron chi connectivity index (χ4n) is 2.04. The van der Waals surface area contributed by atoms with E-state index in [1.165, 1.54) is 0 Å². The number of hydrogen-bond acceptors (Lipinski definition) is 4. The van der Waals surface area contributed by atoms with Gasteiger partial charge in [0.25, 0.3) is 0 Å². The highest BCUT2D eigenvalue weighted by Crippen LogP contribution is 2.12. The topological polar surface area (TPSA) is 53.9 Å². The minimum Gasteiger partial charge on any atom is -0.368 e. The van der Waals surface area contributed by atoms with Crippen molar-refractivity contribution in [3.05, 3.63) is 0 Å². The highest BCUT2D eigenvalue weighted by Gasteiger charge is 2.32. The van der Waals surface area contributed by atoms with Gasteiger partial charge in [0.05, 0.1) is 6.61 Å². The molecule has 0 aromatic carbocycles. The molecule has 0 spiro atoms. The zero-order valence-corrected chi connectivity index (χ0v) is 9.90. The standard InChI is InChI=1S/C11H19N3O2/c1-3-4-8-11(15)13-10(12-8)9-7-14(2)5-6-16-9/h8-9H,3-7H2,1-2H3,(H,12,13,15). The first-order chi connectivity index (χ1) is 7.70. The monoisotopic (exact) mass is 225 g/mol. The van der Waals surface area contributed by atoms with Gasteiger partial charge in [-0.15, -0.1) is 0 Å². The Morgan fingerprint density at radius 2 is 2.44 bits per heavy atom. The van der Waals surface area contributed by atoms with Gasteiger partial charge in [0, 0.05) is 13.1 Å². The molecular weight excluding hydrogens is 206 g/mol. The average Bonchev–Trinajstić information content (AvgIpc) is 2.61. The van der Waals surface area contributed by atoms with E-state index in [0.29, 0.717) is 6.61 Å². The largest absolute Gasteiger partial charge is 0.368 e. The maximum atomic E-state index is 11.6. The van der Waals surface area contributed by atoms with Crippen LogP contribution < -0.4 is 5.32 Å². The summed E-state index contributed by atoms with van der Waals surface area (Å²) in [5.74, 6) is 0.740. The summed E-state index contributed by atoms with van der Waals surface area (Å²) in [7, 11) is 2.05. The molecule has 2 rings (SSSR count). The summed E-state index contributed by atoms with van der Waals surface area (Å²) < 4.78 is 5.62. The number of carbonyl (C=O) groups is 1. The molecule has 0 aromatic heterocycles. The lowest BCUT2D eigenvalue weighted by Crippen LogP contribution is -2.48. The molecule has 1 saturated heterocycles. The number of aliphatic imine (C=N–C) groups is 1. The van der Waals surface area contributed by atoms with E-state index < -0.39 is 0 Å². The van der Waals surface area contributed by atoms with E-state index in [9.17, 15) is 4.79 Å². The van der Waals surface area contributed by atoms with Crippen LogP contribution in [0.1, 0.15) is 19.8 Å². The Hall–Kier alpha value is -0.940. The number of amidine groups is 1. The first kappa shape index (κ1) is 11.5. The summed E-state index contributed by atoms with van der Waals surface area (Å²) >= 11 is 0. The number of ether oxygens (including phenoxy) is 1. The van der Waals surface area contributed by atoms with Gasteiger partial charge in [0.1, 0.15) is 18.0 Å². The molecule has 2 heterocycles. The molecule has 2 unspecified atom stereocenters. The second-order valence-corrected chi connectivity index (χ2v) is 4.43. The zero-order chi connectivity index (χ0) is 11.5. The van der Waals surface area contributed by atoms with Crippen molar-refractivity contribution in [2.45, 2.75) is 31.9 Å². The Kier molecular flexibility index (Phi) is 3.56. The van der Waals surface area contributed by atoms with Crippen LogP contribution in [0, 0.1) is 0 Å². The van der Waals surface area contributed by atoms with Crippen LogP contribution in [-0.2, 0) is 9.53 Å². The van der Waals surface area contributed by atoms with Crippen molar-refractivity contribution >= 4 is 11.7 Å². The van der Waals surface area contributed by atoms with Gasteiger partial charge < -0.3 is 15.0 Å². The zero-order valence-electron chi connectivity index (χ0n) is 9.90. The van der Waals surface area contributed by atoms with Crippen LogP contribution >= 0.6 is 0 Å². The van der Waals surface area contributed by atoms with Crippen molar-refractivity contribution in [2.75, 3.05) is 26.7 Å². The summed E-state index contributed by atoms with van der Waals surface area (Å²) in [6.45, 7) is 4.51. The molecule has 0 bridgehead atoms. The SMILES string of the molecule is CCCC1N=C(C2CN(C)CCO2)NC1=O. The summed E-state index contributed by atoms with van der Waals surface area (Å²) in [6.07, 6.45) is 1.72. The smallest absolute Gasteiger partial charge is 0.250 e. The molecule has 1 amide bonds. The van der Waals surface area contributed by atoms with Crippen LogP contribution in [-0.4, -0.2) is 55.5 Å². The molecular formula is C11H19N3O2. The van der Waals surface area contributed by atoms with Crippen LogP contribution in [0.15, 0.2) is 4.99 Å². The normalized spacial score (nSPS) is 31.4. The summed E-state index contributed by atoms with van der Waals surface area (Å²) in [4.78, 5) is 18.2. The second kappa shape index (κ2) is 4.93. The second-order valence-electron chi connectivity index (χ2n) is 4.43. The molecule has 0 aliphatic carbocycles. The van der Waals surface area contributed by atoms with E-state index in [1.807, 2.05) is 0 Å². The number of nitrogens with one attached hydrogen (secondary N) is 1. The number of rotatable bonds is 3. The van der Waals surface area contributed by atoms with Gasteiger partial charge in [-0.05, 0) is 13.5 Å². The summed E-state index contributed by atoms with van der Waals surface area (Å²) in [5, 5.41) is 2.84. The highest BCUT2D eigenvalue weighted by atomic mass is 16.5. The number of nitrogens with zero attached hydrogens (tertiary/aromatic N) is 2. The maximum Gasteiger partial charge on any atom is 0.250 e. The van der Waals surface area contributed by atoms with E-state index in [-0.39, 0.29) is 18.1 Å². The average molecular weight is 225 g/mol. The van der Waals surface area contributed by atoms with Gasteiger partial charge >= 0.3 is 0 Å². The lowest BCUT2D eigenvalue weighted by Gasteiger charge is -2.29. The van der Waals surface area contributed by atoms with Crippen molar-refractivity contribution in [2.24, 2.45) is 4.99 Å². The fourth-order valence-corrected chi connectivity index (χ4v) is 2.04. The third-order valence-electron chi connectivity index (χ3n) is 2.99. The molecule has 2 aliphatic heterocycles. The Bertz CT molecular complexity index is 304. The summed E-state index contributed by atoms with van der Waals surface area (Å²) in [5.41, 5.74) is 0. The third-order valence-corrected chi connectivity index (χ3v) is 2.99. The van der Waals surface area contributed by atoms with Crippen LogP contribution in [0.25, 0.3) is 0 Å². The first-order valence-electron chi connectivity index (χ1n) is 5.89. The fraction of sp³-hybridized carbons (Fsp3) is 0.818. The maximum absolute atomic E-state index is 11.6. The predicted molar refractivity (Wildman–Crippen MR) is 61.5 cm³/mol. The van der Waals surface area contributed by atoms with Gasteiger partial charge in [-0.3, -0.25) is 9.79 Å². The Balaban J connectivity index is 1.99. The minimum atomic E-state index is -0.198. The third kappa shape index (κ3) is 2.41.